The Labute approximate surface area is 128 Å². The van der Waals surface area contributed by atoms with E-state index in [1.54, 1.807) is 0 Å². The van der Waals surface area contributed by atoms with Crippen molar-refractivity contribution in [2.75, 3.05) is 18.5 Å². The van der Waals surface area contributed by atoms with Crippen LogP contribution in [0.4, 0.5) is 11.5 Å². The van der Waals surface area contributed by atoms with E-state index in [0.717, 1.165) is 31.0 Å². The highest BCUT2D eigenvalue weighted by molar-refractivity contribution is 5.61. The van der Waals surface area contributed by atoms with E-state index in [1.165, 1.54) is 16.8 Å². The minimum absolute atomic E-state index is 0.869. The fourth-order valence-electron chi connectivity index (χ4n) is 2.53. The van der Waals surface area contributed by atoms with Gasteiger partial charge in [0.15, 0.2) is 0 Å². The van der Waals surface area contributed by atoms with Crippen molar-refractivity contribution in [1.29, 1.82) is 0 Å². The van der Waals surface area contributed by atoms with E-state index >= 15 is 0 Å². The molecular weight excluding hydrogens is 258 g/mol. The first kappa shape index (κ1) is 15.5. The van der Waals surface area contributed by atoms with Gasteiger partial charge in [0.1, 0.15) is 5.82 Å². The van der Waals surface area contributed by atoms with Gasteiger partial charge in [-0.05, 0) is 62.7 Å². The van der Waals surface area contributed by atoms with E-state index in [1.807, 2.05) is 7.05 Å². The summed E-state index contributed by atoms with van der Waals surface area (Å²) in [4.78, 5) is 7.08. The average Bonchev–Trinajstić information content (AvgIpc) is 2.48. The molecule has 3 heteroatoms. The maximum atomic E-state index is 4.81. The highest BCUT2D eigenvalue weighted by Gasteiger charge is 2.11. The number of benzene rings is 1. The van der Waals surface area contributed by atoms with Crippen LogP contribution in [0.3, 0.4) is 0 Å². The fourth-order valence-corrected chi connectivity index (χ4v) is 2.53. The highest BCUT2D eigenvalue weighted by Crippen LogP contribution is 2.25. The molecule has 0 atom stereocenters. The minimum atomic E-state index is 0.869. The second kappa shape index (κ2) is 7.23. The number of anilines is 2. The number of hydrogen-bond donors (Lipinski definition) is 1. The molecule has 0 unspecified atom stereocenters. The van der Waals surface area contributed by atoms with E-state index in [0.29, 0.717) is 0 Å². The van der Waals surface area contributed by atoms with Crippen molar-refractivity contribution < 1.29 is 0 Å². The SMILES string of the molecule is CCc1cc(CNC)cc(N(CC)c2cccc(C)c2)n1. The first-order chi connectivity index (χ1) is 10.2. The van der Waals surface area contributed by atoms with Crippen LogP contribution in [0.15, 0.2) is 36.4 Å². The van der Waals surface area contributed by atoms with Crippen LogP contribution in [0.5, 0.6) is 0 Å². The van der Waals surface area contributed by atoms with Crippen molar-refractivity contribution in [1.82, 2.24) is 10.3 Å². The second-order valence-electron chi connectivity index (χ2n) is 5.29. The molecule has 0 radical (unpaired) electrons. The molecule has 0 amide bonds. The topological polar surface area (TPSA) is 28.2 Å². The number of hydrogen-bond acceptors (Lipinski definition) is 3. The third-order valence-electron chi connectivity index (χ3n) is 3.57. The molecule has 1 aromatic heterocycles. The summed E-state index contributed by atoms with van der Waals surface area (Å²) in [5.74, 6) is 1.03. The summed E-state index contributed by atoms with van der Waals surface area (Å²) in [6, 6.07) is 13.0. The first-order valence-corrected chi connectivity index (χ1v) is 7.66. The van der Waals surface area contributed by atoms with Gasteiger partial charge in [-0.2, -0.15) is 0 Å². The van der Waals surface area contributed by atoms with Crippen molar-refractivity contribution in [3.05, 3.63) is 53.2 Å². The zero-order valence-electron chi connectivity index (χ0n) is 13.5. The summed E-state index contributed by atoms with van der Waals surface area (Å²) >= 11 is 0. The molecule has 0 bridgehead atoms. The molecule has 0 spiro atoms. The van der Waals surface area contributed by atoms with Gasteiger partial charge in [-0.1, -0.05) is 19.1 Å². The predicted octanol–water partition coefficient (Wildman–Crippen LogP) is 3.83. The Morgan fingerprint density at radius 1 is 1.14 bits per heavy atom. The van der Waals surface area contributed by atoms with Crippen LogP contribution in [0.1, 0.15) is 30.7 Å². The smallest absolute Gasteiger partial charge is 0.133 e. The van der Waals surface area contributed by atoms with Gasteiger partial charge in [0.05, 0.1) is 0 Å². The standard InChI is InChI=1S/C18H25N3/c1-5-16-11-15(13-19-4)12-18(20-16)21(6-2)17-9-7-8-14(3)10-17/h7-12,19H,5-6,13H2,1-4H3. The third kappa shape index (κ3) is 3.82. The Kier molecular flexibility index (Phi) is 5.34. The van der Waals surface area contributed by atoms with Crippen LogP contribution < -0.4 is 10.2 Å². The normalized spacial score (nSPS) is 10.7. The minimum Gasteiger partial charge on any atom is -0.327 e. The van der Waals surface area contributed by atoms with Gasteiger partial charge in [-0.25, -0.2) is 4.98 Å². The molecule has 0 aliphatic heterocycles. The van der Waals surface area contributed by atoms with E-state index < -0.39 is 0 Å². The maximum Gasteiger partial charge on any atom is 0.133 e. The Bertz CT molecular complexity index is 593. The molecule has 112 valence electrons. The predicted molar refractivity (Wildman–Crippen MR) is 90.2 cm³/mol. The summed E-state index contributed by atoms with van der Waals surface area (Å²) in [5, 5.41) is 3.22. The second-order valence-corrected chi connectivity index (χ2v) is 5.29. The number of nitrogens with zero attached hydrogens (tertiary/aromatic N) is 2. The molecule has 1 heterocycles. The van der Waals surface area contributed by atoms with Gasteiger partial charge < -0.3 is 10.2 Å². The summed E-state index contributed by atoms with van der Waals surface area (Å²) in [7, 11) is 1.98. The molecule has 0 aliphatic rings. The molecular formula is C18H25N3. The number of pyridine rings is 1. The summed E-state index contributed by atoms with van der Waals surface area (Å²) in [6.07, 6.45) is 0.954. The van der Waals surface area contributed by atoms with Crippen LogP contribution in [0.25, 0.3) is 0 Å². The molecule has 2 rings (SSSR count). The van der Waals surface area contributed by atoms with Gasteiger partial charge in [0, 0.05) is 24.5 Å². The fraction of sp³-hybridized carbons (Fsp3) is 0.389. The quantitative estimate of drug-likeness (QED) is 0.873. The van der Waals surface area contributed by atoms with Crippen molar-refractivity contribution in [2.24, 2.45) is 0 Å². The molecule has 21 heavy (non-hydrogen) atoms. The lowest BCUT2D eigenvalue weighted by Gasteiger charge is -2.24. The van der Waals surface area contributed by atoms with Crippen LogP contribution in [-0.2, 0) is 13.0 Å². The monoisotopic (exact) mass is 283 g/mol. The van der Waals surface area contributed by atoms with Crippen molar-refractivity contribution in [2.45, 2.75) is 33.7 Å². The zero-order valence-corrected chi connectivity index (χ0v) is 13.5. The number of aromatic nitrogens is 1. The van der Waals surface area contributed by atoms with E-state index in [9.17, 15) is 0 Å². The van der Waals surface area contributed by atoms with Gasteiger partial charge >= 0.3 is 0 Å². The highest BCUT2D eigenvalue weighted by atomic mass is 15.2. The van der Waals surface area contributed by atoms with Crippen molar-refractivity contribution in [3.63, 3.8) is 0 Å². The van der Waals surface area contributed by atoms with Crippen LogP contribution in [-0.4, -0.2) is 18.6 Å². The average molecular weight is 283 g/mol. The van der Waals surface area contributed by atoms with E-state index in [2.05, 4.69) is 67.4 Å². The Balaban J connectivity index is 2.43. The number of aryl methyl sites for hydroxylation is 2. The summed E-state index contributed by atoms with van der Waals surface area (Å²) < 4.78 is 0. The van der Waals surface area contributed by atoms with Gasteiger partial charge in [-0.3, -0.25) is 0 Å². The molecule has 0 fully saturated rings. The molecule has 0 saturated carbocycles. The lowest BCUT2D eigenvalue weighted by atomic mass is 10.1. The molecule has 3 nitrogen and oxygen atoms in total. The molecule has 1 aromatic carbocycles. The Morgan fingerprint density at radius 3 is 2.57 bits per heavy atom. The number of nitrogens with one attached hydrogen (secondary N) is 1. The summed E-state index contributed by atoms with van der Waals surface area (Å²) in [6.45, 7) is 8.22. The van der Waals surface area contributed by atoms with E-state index in [4.69, 9.17) is 4.98 Å². The maximum absolute atomic E-state index is 4.81. The van der Waals surface area contributed by atoms with Crippen molar-refractivity contribution >= 4 is 11.5 Å². The van der Waals surface area contributed by atoms with Gasteiger partial charge in [-0.15, -0.1) is 0 Å². The number of rotatable bonds is 6. The van der Waals surface area contributed by atoms with E-state index in [-0.39, 0.29) is 0 Å². The zero-order chi connectivity index (χ0) is 15.2. The lowest BCUT2D eigenvalue weighted by Crippen LogP contribution is -2.19. The van der Waals surface area contributed by atoms with Crippen LogP contribution in [0.2, 0.25) is 0 Å². The lowest BCUT2D eigenvalue weighted by molar-refractivity contribution is 0.809. The van der Waals surface area contributed by atoms with Gasteiger partial charge in [0.25, 0.3) is 0 Å². The van der Waals surface area contributed by atoms with Crippen LogP contribution in [0, 0.1) is 6.92 Å². The molecule has 1 N–H and O–H groups in total. The largest absolute Gasteiger partial charge is 0.327 e. The summed E-state index contributed by atoms with van der Waals surface area (Å²) in [5.41, 5.74) is 4.90. The van der Waals surface area contributed by atoms with Crippen LogP contribution >= 0.6 is 0 Å². The van der Waals surface area contributed by atoms with Crippen molar-refractivity contribution in [3.8, 4) is 0 Å². The molecule has 0 aliphatic carbocycles. The van der Waals surface area contributed by atoms with Gasteiger partial charge in [0.2, 0.25) is 0 Å². The third-order valence-corrected chi connectivity index (χ3v) is 3.57. The first-order valence-electron chi connectivity index (χ1n) is 7.66. The molecule has 2 aromatic rings. The molecule has 0 saturated heterocycles. The Morgan fingerprint density at radius 2 is 1.95 bits per heavy atom. The Hall–Kier alpha value is -1.87.